The highest BCUT2D eigenvalue weighted by Crippen LogP contribution is 2.39. The lowest BCUT2D eigenvalue weighted by Crippen LogP contribution is -2.54. The maximum absolute atomic E-state index is 13.4. The van der Waals surface area contributed by atoms with Crippen LogP contribution in [0.4, 0.5) is 9.18 Å². The van der Waals surface area contributed by atoms with Crippen LogP contribution in [-0.4, -0.2) is 44.8 Å². The molecule has 1 heterocycles. The van der Waals surface area contributed by atoms with Crippen molar-refractivity contribution in [3.8, 4) is 0 Å². The van der Waals surface area contributed by atoms with Gasteiger partial charge in [0, 0.05) is 32.0 Å². The predicted molar refractivity (Wildman–Crippen MR) is 102 cm³/mol. The van der Waals surface area contributed by atoms with E-state index < -0.39 is 21.7 Å². The lowest BCUT2D eigenvalue weighted by atomic mass is 9.83. The molecule has 1 aromatic rings. The van der Waals surface area contributed by atoms with E-state index in [0.29, 0.717) is 18.5 Å². The van der Waals surface area contributed by atoms with E-state index in [1.807, 2.05) is 6.92 Å². The molecule has 27 heavy (non-hydrogen) atoms. The third-order valence-electron chi connectivity index (χ3n) is 5.26. The van der Waals surface area contributed by atoms with Gasteiger partial charge in [-0.15, -0.1) is 0 Å². The number of hydrogen-bond acceptors (Lipinski definition) is 4. The molecular formula is C19H29FN2O4S. The molecule has 2 unspecified atom stereocenters. The quantitative estimate of drug-likeness (QED) is 0.795. The Bertz CT molecular complexity index is 774. The Hall–Kier alpha value is -1.67. The number of hydrogen-bond donors (Lipinski definition) is 1. The standard InChI is InChI=1S/C19H29FN2O4S/c1-14(18(2,3)4)22-13-11-19(26-17(22)23,10-12-21-27(5,24)25)15-6-8-16(20)9-7-15/h6-9,14,21H,10-13H2,1-5H3. The molecule has 1 aromatic carbocycles. The zero-order valence-corrected chi connectivity index (χ0v) is 17.4. The lowest BCUT2D eigenvalue weighted by Gasteiger charge is -2.46. The van der Waals surface area contributed by atoms with Gasteiger partial charge in [0.2, 0.25) is 10.0 Å². The number of cyclic esters (lactones) is 1. The first-order valence-electron chi connectivity index (χ1n) is 9.04. The molecule has 1 saturated heterocycles. The van der Waals surface area contributed by atoms with Crippen LogP contribution in [0.2, 0.25) is 0 Å². The van der Waals surface area contributed by atoms with Crippen LogP contribution in [0, 0.1) is 11.2 Å². The third kappa shape index (κ3) is 5.42. The van der Waals surface area contributed by atoms with Crippen molar-refractivity contribution in [2.45, 2.75) is 52.2 Å². The Morgan fingerprint density at radius 2 is 1.89 bits per heavy atom. The lowest BCUT2D eigenvalue weighted by molar-refractivity contribution is -0.0728. The molecule has 0 aromatic heterocycles. The van der Waals surface area contributed by atoms with E-state index in [2.05, 4.69) is 25.5 Å². The highest BCUT2D eigenvalue weighted by atomic mass is 32.2. The van der Waals surface area contributed by atoms with E-state index in [-0.39, 0.29) is 30.2 Å². The van der Waals surface area contributed by atoms with Crippen molar-refractivity contribution in [3.05, 3.63) is 35.6 Å². The molecule has 2 rings (SSSR count). The first kappa shape index (κ1) is 21.6. The number of amides is 1. The van der Waals surface area contributed by atoms with Gasteiger partial charge < -0.3 is 9.64 Å². The molecule has 0 aliphatic carbocycles. The molecule has 1 amide bonds. The van der Waals surface area contributed by atoms with Crippen molar-refractivity contribution >= 4 is 16.1 Å². The summed E-state index contributed by atoms with van der Waals surface area (Å²) in [6.45, 7) is 8.76. The van der Waals surface area contributed by atoms with Gasteiger partial charge in [-0.05, 0) is 30.0 Å². The Kier molecular flexibility index (Phi) is 6.21. The van der Waals surface area contributed by atoms with Gasteiger partial charge in [-0.3, -0.25) is 0 Å². The van der Waals surface area contributed by atoms with Gasteiger partial charge in [-0.25, -0.2) is 22.3 Å². The summed E-state index contributed by atoms with van der Waals surface area (Å²) >= 11 is 0. The maximum Gasteiger partial charge on any atom is 0.410 e. The van der Waals surface area contributed by atoms with E-state index >= 15 is 0 Å². The van der Waals surface area contributed by atoms with Gasteiger partial charge >= 0.3 is 6.09 Å². The summed E-state index contributed by atoms with van der Waals surface area (Å²) in [4.78, 5) is 14.5. The number of carbonyl (C=O) groups is 1. The molecule has 1 fully saturated rings. The third-order valence-corrected chi connectivity index (χ3v) is 5.99. The van der Waals surface area contributed by atoms with Gasteiger partial charge in [0.1, 0.15) is 11.4 Å². The molecule has 0 saturated carbocycles. The van der Waals surface area contributed by atoms with Crippen LogP contribution in [-0.2, 0) is 20.4 Å². The molecule has 1 N–H and O–H groups in total. The minimum atomic E-state index is -3.36. The van der Waals surface area contributed by atoms with Gasteiger partial charge in [0.25, 0.3) is 0 Å². The van der Waals surface area contributed by atoms with Crippen molar-refractivity contribution in [1.82, 2.24) is 9.62 Å². The van der Waals surface area contributed by atoms with Crippen molar-refractivity contribution < 1.29 is 22.3 Å². The van der Waals surface area contributed by atoms with Crippen molar-refractivity contribution in [1.29, 1.82) is 0 Å². The second-order valence-electron chi connectivity index (χ2n) is 8.27. The Morgan fingerprint density at radius 3 is 2.37 bits per heavy atom. The van der Waals surface area contributed by atoms with Gasteiger partial charge in [0.15, 0.2) is 0 Å². The largest absolute Gasteiger partial charge is 0.438 e. The number of rotatable bonds is 6. The average molecular weight is 401 g/mol. The zero-order chi connectivity index (χ0) is 20.5. The number of nitrogens with zero attached hydrogens (tertiary/aromatic N) is 1. The topological polar surface area (TPSA) is 75.7 Å². The normalized spacial score (nSPS) is 22.4. The smallest absolute Gasteiger partial charge is 0.410 e. The summed E-state index contributed by atoms with van der Waals surface area (Å²) in [5, 5.41) is 0. The van der Waals surface area contributed by atoms with Crippen LogP contribution in [0.25, 0.3) is 0 Å². The van der Waals surface area contributed by atoms with Crippen LogP contribution in [0.15, 0.2) is 24.3 Å². The van der Waals surface area contributed by atoms with Gasteiger partial charge in [-0.2, -0.15) is 0 Å². The van der Waals surface area contributed by atoms with Gasteiger partial charge in [-0.1, -0.05) is 32.9 Å². The first-order valence-corrected chi connectivity index (χ1v) is 10.9. The van der Waals surface area contributed by atoms with E-state index in [1.54, 1.807) is 17.0 Å². The number of benzene rings is 1. The SMILES string of the molecule is CC(N1CCC(CCNS(C)(=O)=O)(c2ccc(F)cc2)OC1=O)C(C)(C)C. The number of nitrogens with one attached hydrogen (secondary N) is 1. The van der Waals surface area contributed by atoms with Crippen LogP contribution in [0.3, 0.4) is 0 Å². The molecule has 0 spiro atoms. The fourth-order valence-corrected chi connectivity index (χ4v) is 3.68. The fourth-order valence-electron chi connectivity index (χ4n) is 3.20. The van der Waals surface area contributed by atoms with Crippen LogP contribution < -0.4 is 4.72 Å². The average Bonchev–Trinajstić information content (AvgIpc) is 2.53. The molecule has 152 valence electrons. The van der Waals surface area contributed by atoms with Crippen LogP contribution >= 0.6 is 0 Å². The summed E-state index contributed by atoms with van der Waals surface area (Å²) in [5.74, 6) is -0.381. The summed E-state index contributed by atoms with van der Waals surface area (Å²) < 4.78 is 44.5. The Labute approximate surface area is 161 Å². The Morgan fingerprint density at radius 1 is 1.30 bits per heavy atom. The highest BCUT2D eigenvalue weighted by Gasteiger charge is 2.44. The van der Waals surface area contributed by atoms with Crippen molar-refractivity contribution in [3.63, 3.8) is 0 Å². The van der Waals surface area contributed by atoms with E-state index in [4.69, 9.17) is 4.74 Å². The zero-order valence-electron chi connectivity index (χ0n) is 16.6. The number of ether oxygens (including phenoxy) is 1. The van der Waals surface area contributed by atoms with E-state index in [9.17, 15) is 17.6 Å². The number of sulfonamides is 1. The minimum Gasteiger partial charge on any atom is -0.438 e. The molecule has 0 radical (unpaired) electrons. The van der Waals surface area contributed by atoms with Crippen LogP contribution in [0.5, 0.6) is 0 Å². The maximum atomic E-state index is 13.4. The first-order chi connectivity index (χ1) is 12.3. The molecule has 2 atom stereocenters. The Balaban J connectivity index is 2.27. The molecule has 1 aliphatic rings. The van der Waals surface area contributed by atoms with Crippen molar-refractivity contribution in [2.24, 2.45) is 5.41 Å². The number of carbonyl (C=O) groups excluding carboxylic acids is 1. The second kappa shape index (κ2) is 7.75. The highest BCUT2D eigenvalue weighted by molar-refractivity contribution is 7.88. The number of halogens is 1. The minimum absolute atomic E-state index is 0.0228. The molecule has 0 bridgehead atoms. The van der Waals surface area contributed by atoms with Gasteiger partial charge in [0.05, 0.1) is 6.26 Å². The second-order valence-corrected chi connectivity index (χ2v) is 10.1. The fraction of sp³-hybridized carbons (Fsp3) is 0.632. The monoisotopic (exact) mass is 400 g/mol. The molecule has 1 aliphatic heterocycles. The van der Waals surface area contributed by atoms with E-state index in [1.165, 1.54) is 12.1 Å². The van der Waals surface area contributed by atoms with E-state index in [0.717, 1.165) is 6.26 Å². The summed E-state index contributed by atoms with van der Waals surface area (Å²) in [6.07, 6.45) is 1.41. The predicted octanol–water partition coefficient (Wildman–Crippen LogP) is 3.24. The molecule has 6 nitrogen and oxygen atoms in total. The molecular weight excluding hydrogens is 371 g/mol. The van der Waals surface area contributed by atoms with Crippen molar-refractivity contribution in [2.75, 3.05) is 19.3 Å². The summed E-state index contributed by atoms with van der Waals surface area (Å²) in [5.41, 5.74) is -0.431. The summed E-state index contributed by atoms with van der Waals surface area (Å²) in [7, 11) is -3.36. The summed E-state index contributed by atoms with van der Waals surface area (Å²) in [6, 6.07) is 5.79. The van der Waals surface area contributed by atoms with Crippen LogP contribution in [0.1, 0.15) is 46.1 Å². The molecule has 8 heteroatoms.